The quantitative estimate of drug-likeness (QED) is 0.311. The second-order valence-corrected chi connectivity index (χ2v) is 7.89. The summed E-state index contributed by atoms with van der Waals surface area (Å²) in [6, 6.07) is 16.2. The van der Waals surface area contributed by atoms with E-state index in [-0.39, 0.29) is 22.1 Å². The highest BCUT2D eigenvalue weighted by molar-refractivity contribution is 6.36. The standard InChI is InChI=1S/C23H13Cl3O4/c1-12-2-9-19-17(10-12)20(27)22(21(29-19)13-3-5-14(24)6-4-13)30-23(28)16-8-7-15(25)11-18(16)26/h2-11H,1H3. The molecule has 150 valence electrons. The van der Waals surface area contributed by atoms with Crippen LogP contribution in [0.1, 0.15) is 15.9 Å². The maximum absolute atomic E-state index is 13.2. The van der Waals surface area contributed by atoms with Crippen molar-refractivity contribution < 1.29 is 13.9 Å². The van der Waals surface area contributed by atoms with E-state index in [4.69, 9.17) is 44.0 Å². The van der Waals surface area contributed by atoms with Crippen LogP contribution in [0.25, 0.3) is 22.3 Å². The number of halogens is 3. The molecule has 3 aromatic carbocycles. The molecule has 4 aromatic rings. The van der Waals surface area contributed by atoms with Gasteiger partial charge in [-0.1, -0.05) is 46.4 Å². The molecule has 0 radical (unpaired) electrons. The topological polar surface area (TPSA) is 56.5 Å². The molecule has 30 heavy (non-hydrogen) atoms. The van der Waals surface area contributed by atoms with Crippen molar-refractivity contribution >= 4 is 51.7 Å². The third-order valence-corrected chi connectivity index (χ3v) is 5.26. The van der Waals surface area contributed by atoms with Gasteiger partial charge in [0.05, 0.1) is 16.0 Å². The van der Waals surface area contributed by atoms with E-state index in [1.54, 1.807) is 36.4 Å². The fraction of sp³-hybridized carbons (Fsp3) is 0.0435. The van der Waals surface area contributed by atoms with Gasteiger partial charge in [-0.25, -0.2) is 4.79 Å². The molecule has 0 bridgehead atoms. The summed E-state index contributed by atoms with van der Waals surface area (Å²) in [7, 11) is 0. The normalized spacial score (nSPS) is 10.9. The first-order valence-corrected chi connectivity index (χ1v) is 9.97. The molecule has 1 aromatic heterocycles. The Morgan fingerprint density at radius 3 is 2.30 bits per heavy atom. The van der Waals surface area contributed by atoms with Gasteiger partial charge in [0, 0.05) is 15.6 Å². The van der Waals surface area contributed by atoms with Crippen molar-refractivity contribution in [2.24, 2.45) is 0 Å². The number of rotatable bonds is 3. The molecule has 0 aliphatic rings. The van der Waals surface area contributed by atoms with E-state index in [0.717, 1.165) is 5.56 Å². The first-order chi connectivity index (χ1) is 14.3. The highest BCUT2D eigenvalue weighted by atomic mass is 35.5. The molecule has 0 saturated carbocycles. The Hall–Kier alpha value is -2.79. The van der Waals surface area contributed by atoms with Crippen LogP contribution in [0.5, 0.6) is 5.75 Å². The van der Waals surface area contributed by atoms with Gasteiger partial charge in [0.1, 0.15) is 5.58 Å². The Morgan fingerprint density at radius 2 is 1.60 bits per heavy atom. The van der Waals surface area contributed by atoms with Crippen LogP contribution in [0.15, 0.2) is 69.9 Å². The van der Waals surface area contributed by atoms with Crippen molar-refractivity contribution in [1.82, 2.24) is 0 Å². The average molecular weight is 460 g/mol. The number of aryl methyl sites for hydroxylation is 1. The first-order valence-electron chi connectivity index (χ1n) is 8.84. The lowest BCUT2D eigenvalue weighted by Crippen LogP contribution is -2.16. The van der Waals surface area contributed by atoms with Crippen LogP contribution in [0.2, 0.25) is 15.1 Å². The number of hydrogen-bond donors (Lipinski definition) is 0. The zero-order valence-electron chi connectivity index (χ0n) is 15.5. The molecule has 1 heterocycles. The number of benzene rings is 3. The molecule has 0 spiro atoms. The van der Waals surface area contributed by atoms with Crippen molar-refractivity contribution in [3.05, 3.63) is 97.1 Å². The minimum absolute atomic E-state index is 0.0758. The van der Waals surface area contributed by atoms with Gasteiger partial charge in [-0.15, -0.1) is 0 Å². The van der Waals surface area contributed by atoms with Gasteiger partial charge in [0.15, 0.2) is 5.76 Å². The molecular formula is C23H13Cl3O4. The molecule has 0 amide bonds. The van der Waals surface area contributed by atoms with Crippen molar-refractivity contribution in [2.45, 2.75) is 6.92 Å². The second kappa shape index (κ2) is 8.15. The lowest BCUT2D eigenvalue weighted by molar-refractivity contribution is 0.0731. The van der Waals surface area contributed by atoms with E-state index in [2.05, 4.69) is 0 Å². The van der Waals surface area contributed by atoms with Gasteiger partial charge >= 0.3 is 5.97 Å². The average Bonchev–Trinajstić information content (AvgIpc) is 2.71. The van der Waals surface area contributed by atoms with Crippen LogP contribution >= 0.6 is 34.8 Å². The van der Waals surface area contributed by atoms with Crippen LogP contribution in [-0.2, 0) is 0 Å². The van der Waals surface area contributed by atoms with Gasteiger partial charge in [0.25, 0.3) is 0 Å². The molecule has 0 fully saturated rings. The summed E-state index contributed by atoms with van der Waals surface area (Å²) in [5.74, 6) is -0.913. The molecule has 0 aliphatic carbocycles. The fourth-order valence-electron chi connectivity index (χ4n) is 2.98. The molecule has 0 aliphatic heterocycles. The number of ether oxygens (including phenoxy) is 1. The summed E-state index contributed by atoms with van der Waals surface area (Å²) >= 11 is 18.0. The molecule has 0 atom stereocenters. The highest BCUT2D eigenvalue weighted by Crippen LogP contribution is 2.33. The summed E-state index contributed by atoms with van der Waals surface area (Å²) in [6.45, 7) is 1.85. The Kier molecular flexibility index (Phi) is 5.56. The lowest BCUT2D eigenvalue weighted by atomic mass is 10.1. The van der Waals surface area contributed by atoms with E-state index in [0.29, 0.717) is 26.6 Å². The molecule has 0 saturated heterocycles. The fourth-order valence-corrected chi connectivity index (χ4v) is 3.59. The van der Waals surface area contributed by atoms with Gasteiger partial charge in [-0.3, -0.25) is 4.79 Å². The van der Waals surface area contributed by atoms with E-state index < -0.39 is 11.4 Å². The van der Waals surface area contributed by atoms with Crippen LogP contribution in [0.3, 0.4) is 0 Å². The summed E-state index contributed by atoms with van der Waals surface area (Å²) < 4.78 is 11.5. The van der Waals surface area contributed by atoms with Crippen molar-refractivity contribution in [1.29, 1.82) is 0 Å². The van der Waals surface area contributed by atoms with Gasteiger partial charge < -0.3 is 9.15 Å². The monoisotopic (exact) mass is 458 g/mol. The number of hydrogen-bond acceptors (Lipinski definition) is 4. The van der Waals surface area contributed by atoms with Gasteiger partial charge in [-0.2, -0.15) is 0 Å². The van der Waals surface area contributed by atoms with Crippen LogP contribution in [0, 0.1) is 6.92 Å². The van der Waals surface area contributed by atoms with Crippen LogP contribution < -0.4 is 10.2 Å². The smallest absolute Gasteiger partial charge is 0.345 e. The third kappa shape index (κ3) is 3.94. The van der Waals surface area contributed by atoms with E-state index in [9.17, 15) is 9.59 Å². The Morgan fingerprint density at radius 1 is 0.900 bits per heavy atom. The van der Waals surface area contributed by atoms with E-state index in [1.165, 1.54) is 18.2 Å². The molecule has 4 nitrogen and oxygen atoms in total. The molecule has 0 N–H and O–H groups in total. The number of carbonyl (C=O) groups excluding carboxylic acids is 1. The van der Waals surface area contributed by atoms with E-state index >= 15 is 0 Å². The summed E-state index contributed by atoms with van der Waals surface area (Å²) in [5.41, 5.74) is 1.38. The summed E-state index contributed by atoms with van der Waals surface area (Å²) in [6.07, 6.45) is 0. The van der Waals surface area contributed by atoms with Gasteiger partial charge in [-0.05, 0) is 61.5 Å². The number of carbonyl (C=O) groups is 1. The molecule has 0 unspecified atom stereocenters. The zero-order chi connectivity index (χ0) is 21.4. The maximum atomic E-state index is 13.2. The summed E-state index contributed by atoms with van der Waals surface area (Å²) in [5, 5.41) is 1.31. The number of esters is 1. The minimum atomic E-state index is -0.800. The Labute approximate surface area is 186 Å². The largest absolute Gasteiger partial charge is 0.452 e. The zero-order valence-corrected chi connectivity index (χ0v) is 17.8. The highest BCUT2D eigenvalue weighted by Gasteiger charge is 2.22. The molecule has 4 rings (SSSR count). The van der Waals surface area contributed by atoms with Gasteiger partial charge in [0.2, 0.25) is 11.2 Å². The van der Waals surface area contributed by atoms with E-state index in [1.807, 2.05) is 13.0 Å². The number of fused-ring (bicyclic) bond motifs is 1. The summed E-state index contributed by atoms with van der Waals surface area (Å²) in [4.78, 5) is 26.0. The maximum Gasteiger partial charge on any atom is 0.345 e. The lowest BCUT2D eigenvalue weighted by Gasteiger charge is -2.11. The van der Waals surface area contributed by atoms with Crippen molar-refractivity contribution in [3.63, 3.8) is 0 Å². The first kappa shape index (κ1) is 20.5. The van der Waals surface area contributed by atoms with Crippen LogP contribution in [-0.4, -0.2) is 5.97 Å². The third-order valence-electron chi connectivity index (χ3n) is 4.46. The van der Waals surface area contributed by atoms with Crippen molar-refractivity contribution in [3.8, 4) is 17.1 Å². The van der Waals surface area contributed by atoms with Crippen molar-refractivity contribution in [2.75, 3.05) is 0 Å². The SMILES string of the molecule is Cc1ccc2oc(-c3ccc(Cl)cc3)c(OC(=O)c3ccc(Cl)cc3Cl)c(=O)c2c1. The predicted molar refractivity (Wildman–Crippen MR) is 119 cm³/mol. The van der Waals surface area contributed by atoms with Crippen LogP contribution in [0.4, 0.5) is 0 Å². The molecule has 7 heteroatoms. The minimum Gasteiger partial charge on any atom is -0.452 e. The second-order valence-electron chi connectivity index (χ2n) is 6.61. The predicted octanol–water partition coefficient (Wildman–Crippen LogP) is 6.95. The Bertz CT molecular complexity index is 1340. The molecular weight excluding hydrogens is 447 g/mol. The Balaban J connectivity index is 1.90.